The maximum atomic E-state index is 14.3. The molecule has 1 aromatic heterocycles. The molecule has 250 valence electrons. The summed E-state index contributed by atoms with van der Waals surface area (Å²) in [6.45, 7) is 2.43. The van der Waals surface area contributed by atoms with E-state index in [0.29, 0.717) is 18.1 Å². The van der Waals surface area contributed by atoms with Gasteiger partial charge < -0.3 is 34.7 Å². The van der Waals surface area contributed by atoms with E-state index in [-0.39, 0.29) is 65.4 Å². The lowest BCUT2D eigenvalue weighted by Crippen LogP contribution is -2.53. The Bertz CT molecular complexity index is 1710. The van der Waals surface area contributed by atoms with Gasteiger partial charge in [0, 0.05) is 61.4 Å². The molecule has 2 aliphatic rings. The number of hydrogen-bond acceptors (Lipinski definition) is 12. The number of nitrogens with zero attached hydrogens (tertiary/aromatic N) is 3. The highest BCUT2D eigenvalue weighted by Crippen LogP contribution is 2.55. The van der Waals surface area contributed by atoms with Crippen LogP contribution in [0.4, 0.5) is 5.95 Å². The molecule has 0 radical (unpaired) electrons. The molecule has 3 N–H and O–H groups in total. The molecule has 1 aliphatic heterocycles. The minimum absolute atomic E-state index is 0.00702. The molecule has 0 bridgehead atoms. The molecule has 5 rings (SSSR count). The number of hydrogen-bond donors (Lipinski definition) is 3. The van der Waals surface area contributed by atoms with Crippen LogP contribution in [-0.4, -0.2) is 83.6 Å². The van der Waals surface area contributed by atoms with Gasteiger partial charge >= 0.3 is 0 Å². The van der Waals surface area contributed by atoms with Crippen LogP contribution in [0.3, 0.4) is 0 Å². The largest absolute Gasteiger partial charge is 0.507 e. The molecule has 1 unspecified atom stereocenters. The van der Waals surface area contributed by atoms with Crippen molar-refractivity contribution in [1.29, 1.82) is 0 Å². The summed E-state index contributed by atoms with van der Waals surface area (Å²) >= 11 is 8.13. The Morgan fingerprint density at radius 2 is 1.91 bits per heavy atom. The number of rotatable bonds is 13. The zero-order valence-corrected chi connectivity index (χ0v) is 28.2. The maximum Gasteiger partial charge on any atom is 0.231 e. The fourth-order valence-corrected chi connectivity index (χ4v) is 6.69. The van der Waals surface area contributed by atoms with Gasteiger partial charge in [-0.2, -0.15) is 10.1 Å². The van der Waals surface area contributed by atoms with Crippen molar-refractivity contribution in [2.45, 2.75) is 42.9 Å². The number of fused-ring (bicyclic) bond motifs is 1. The molecule has 15 heteroatoms. The number of aliphatic hydroxyl groups is 1. The summed E-state index contributed by atoms with van der Waals surface area (Å²) in [6.07, 6.45) is 3.01. The first kappa shape index (κ1) is 34.1. The second-order valence-electron chi connectivity index (χ2n) is 11.1. The molecule has 2 heterocycles. The average Bonchev–Trinajstić information content (AvgIpc) is 3.64. The van der Waals surface area contributed by atoms with Crippen molar-refractivity contribution in [3.05, 3.63) is 64.1 Å². The number of anilines is 1. The Kier molecular flexibility index (Phi) is 10.3. The molecule has 0 saturated carbocycles. The third-order valence-electron chi connectivity index (χ3n) is 8.36. The van der Waals surface area contributed by atoms with Crippen molar-refractivity contribution >= 4 is 46.8 Å². The van der Waals surface area contributed by atoms with E-state index >= 15 is 0 Å². The fraction of sp³-hybridized carbons (Fsp3) is 0.406. The van der Waals surface area contributed by atoms with Crippen molar-refractivity contribution in [3.8, 4) is 17.2 Å². The van der Waals surface area contributed by atoms with Crippen LogP contribution in [0, 0.1) is 5.92 Å². The number of carbonyl (C=O) groups is 3. The number of aromatic nitrogens is 3. The predicted octanol–water partition coefficient (Wildman–Crippen LogP) is 4.41. The molecule has 3 atom stereocenters. The smallest absolute Gasteiger partial charge is 0.231 e. The number of amides is 1. The first-order valence-electron chi connectivity index (χ1n) is 14.8. The monoisotopic (exact) mass is 685 g/mol. The molecule has 1 aliphatic carbocycles. The van der Waals surface area contributed by atoms with Crippen LogP contribution in [0.5, 0.6) is 17.2 Å². The number of allylic oxidation sites excluding steroid dienone is 1. The van der Waals surface area contributed by atoms with Gasteiger partial charge in [0.15, 0.2) is 17.3 Å². The molecule has 13 nitrogen and oxygen atoms in total. The first-order chi connectivity index (χ1) is 22.6. The number of methoxy groups -OCH3 is 3. The number of halogens is 1. The van der Waals surface area contributed by atoms with Gasteiger partial charge in [-0.15, -0.1) is 11.8 Å². The fourth-order valence-electron chi connectivity index (χ4n) is 6.01. The number of ketones is 2. The highest BCUT2D eigenvalue weighted by atomic mass is 35.5. The van der Waals surface area contributed by atoms with E-state index in [4.69, 9.17) is 30.5 Å². The van der Waals surface area contributed by atoms with Crippen LogP contribution < -0.4 is 24.8 Å². The summed E-state index contributed by atoms with van der Waals surface area (Å²) in [5.74, 6) is -2.75. The van der Waals surface area contributed by atoms with Crippen LogP contribution in [0.2, 0.25) is 5.02 Å². The van der Waals surface area contributed by atoms with Gasteiger partial charge in [0.2, 0.25) is 23.2 Å². The highest BCUT2D eigenvalue weighted by Gasteiger charge is 2.61. The lowest BCUT2D eigenvalue weighted by atomic mass is 9.69. The number of Topliss-reactive ketones (excluding diaryl/α,β-unsaturated/α-hetero) is 2. The number of thioether (sulfide) groups is 1. The van der Waals surface area contributed by atoms with Gasteiger partial charge in [-0.1, -0.05) is 30.7 Å². The minimum Gasteiger partial charge on any atom is -0.507 e. The Balaban J connectivity index is 1.48. The van der Waals surface area contributed by atoms with Gasteiger partial charge in [0.1, 0.15) is 35.1 Å². The van der Waals surface area contributed by atoms with Crippen LogP contribution in [0.25, 0.3) is 0 Å². The van der Waals surface area contributed by atoms with E-state index in [2.05, 4.69) is 20.7 Å². The average molecular weight is 686 g/mol. The molecule has 0 fully saturated rings. The van der Waals surface area contributed by atoms with Crippen LogP contribution >= 0.6 is 23.4 Å². The van der Waals surface area contributed by atoms with Crippen molar-refractivity contribution < 1.29 is 38.4 Å². The standard InChI is InChI=1S/C32H36ClN5O8S/c1-17-12-21(39)25(29(41)32(17)30(42)26-22(44-3)14-23(45-4)27(33)28(26)46-32)20(18-6-8-19(47-5)9-7-18)13-24(40)34-10-11-35-31-36-15-37-38(31)16-43-2/h6-9,14-15,17,20,41H,10-13,16H2,1-5H3,(H,34,40)(H,35,36,37)/t17-,20?,32+/m1/s1. The SMILES string of the molecule is COCn1ncnc1NCCNC(=O)CC(C1=C(O)[C@@]2(Oc3c(Cl)c(OC)cc(OC)c3C2=O)[C@H](C)CC1=O)c1ccc(SC)cc1. The maximum absolute atomic E-state index is 14.3. The van der Waals surface area contributed by atoms with E-state index < -0.39 is 34.8 Å². The molecular weight excluding hydrogens is 650 g/mol. The summed E-state index contributed by atoms with van der Waals surface area (Å²) in [4.78, 5) is 46.6. The lowest BCUT2D eigenvalue weighted by molar-refractivity contribution is -0.121. The summed E-state index contributed by atoms with van der Waals surface area (Å²) in [5.41, 5.74) is -1.38. The topological polar surface area (TPSA) is 163 Å². The zero-order valence-electron chi connectivity index (χ0n) is 26.6. The normalized spacial score (nSPS) is 19.4. The van der Waals surface area contributed by atoms with Crippen LogP contribution in [0.1, 0.15) is 41.6 Å². The van der Waals surface area contributed by atoms with E-state index in [1.165, 1.54) is 43.1 Å². The van der Waals surface area contributed by atoms with E-state index in [0.717, 1.165) is 4.90 Å². The van der Waals surface area contributed by atoms with Gasteiger partial charge in [-0.25, -0.2) is 4.68 Å². The third kappa shape index (κ3) is 6.24. The van der Waals surface area contributed by atoms with Crippen LogP contribution in [-0.2, 0) is 21.1 Å². The summed E-state index contributed by atoms with van der Waals surface area (Å²) in [5, 5.41) is 22.1. The Morgan fingerprint density at radius 1 is 1.19 bits per heavy atom. The lowest BCUT2D eigenvalue weighted by Gasteiger charge is -2.38. The second-order valence-corrected chi connectivity index (χ2v) is 12.3. The molecule has 47 heavy (non-hydrogen) atoms. The quantitative estimate of drug-likeness (QED) is 0.172. The summed E-state index contributed by atoms with van der Waals surface area (Å²) in [7, 11) is 4.35. The number of carbonyl (C=O) groups excluding carboxylic acids is 3. The number of benzene rings is 2. The van der Waals surface area contributed by atoms with Crippen molar-refractivity contribution in [2.24, 2.45) is 5.92 Å². The zero-order chi connectivity index (χ0) is 33.9. The second kappa shape index (κ2) is 14.2. The predicted molar refractivity (Wildman–Crippen MR) is 175 cm³/mol. The Labute approximate surface area is 280 Å². The van der Waals surface area contributed by atoms with Gasteiger partial charge in [-0.3, -0.25) is 14.4 Å². The number of nitrogens with one attached hydrogen (secondary N) is 2. The van der Waals surface area contributed by atoms with Gasteiger partial charge in [0.05, 0.1) is 14.2 Å². The number of ether oxygens (including phenoxy) is 4. The molecular formula is C32H36ClN5O8S. The minimum atomic E-state index is -1.97. The molecule has 2 aromatic carbocycles. The molecule has 3 aromatic rings. The molecule has 0 saturated heterocycles. The molecule has 1 amide bonds. The Hall–Kier alpha value is -4.27. The Morgan fingerprint density at radius 3 is 2.57 bits per heavy atom. The van der Waals surface area contributed by atoms with Gasteiger partial charge in [-0.05, 0) is 24.0 Å². The third-order valence-corrected chi connectivity index (χ3v) is 9.47. The summed E-state index contributed by atoms with van der Waals surface area (Å²) in [6, 6.07) is 8.83. The highest BCUT2D eigenvalue weighted by molar-refractivity contribution is 7.98. The van der Waals surface area contributed by atoms with E-state index in [1.54, 1.807) is 14.0 Å². The van der Waals surface area contributed by atoms with Crippen LogP contribution in [0.15, 0.2) is 52.9 Å². The first-order valence-corrected chi connectivity index (χ1v) is 16.4. The van der Waals surface area contributed by atoms with Crippen molar-refractivity contribution in [1.82, 2.24) is 20.1 Å². The number of aliphatic hydroxyl groups excluding tert-OH is 1. The van der Waals surface area contributed by atoms with Gasteiger partial charge in [0.25, 0.3) is 0 Å². The van der Waals surface area contributed by atoms with Crippen molar-refractivity contribution in [3.63, 3.8) is 0 Å². The molecule has 1 spiro atoms. The summed E-state index contributed by atoms with van der Waals surface area (Å²) < 4.78 is 23.8. The van der Waals surface area contributed by atoms with E-state index in [9.17, 15) is 19.5 Å². The van der Waals surface area contributed by atoms with E-state index in [1.807, 2.05) is 30.5 Å². The van der Waals surface area contributed by atoms with Crippen molar-refractivity contribution in [2.75, 3.05) is 46.0 Å².